The van der Waals surface area contributed by atoms with Gasteiger partial charge in [0.25, 0.3) is 5.91 Å². The number of rotatable bonds is 6. The normalized spacial score (nSPS) is 11.9. The summed E-state index contributed by atoms with van der Waals surface area (Å²) in [5.41, 5.74) is 0.178. The Morgan fingerprint density at radius 1 is 1.37 bits per heavy atom. The second-order valence-electron chi connectivity index (χ2n) is 4.11. The number of unbranched alkanes of at least 4 members (excludes halogenated alkanes) is 1. The number of hydrogen-bond acceptors (Lipinski definition) is 2. The highest BCUT2D eigenvalue weighted by Gasteiger charge is 2.21. The lowest BCUT2D eigenvalue weighted by atomic mass is 10.1. The molecule has 0 spiro atoms. The number of benzene rings is 1. The Balaban J connectivity index is 2.82. The van der Waals surface area contributed by atoms with E-state index in [-0.39, 0.29) is 15.6 Å². The summed E-state index contributed by atoms with van der Waals surface area (Å²) in [5, 5.41) is 11.9. The van der Waals surface area contributed by atoms with E-state index in [1.807, 2.05) is 6.92 Å². The van der Waals surface area contributed by atoms with Gasteiger partial charge in [0.2, 0.25) is 0 Å². The van der Waals surface area contributed by atoms with Crippen LogP contribution in [-0.4, -0.2) is 23.0 Å². The molecular formula is C13H15Cl2NO3. The summed E-state index contributed by atoms with van der Waals surface area (Å²) in [7, 11) is 0. The highest BCUT2D eigenvalue weighted by Crippen LogP contribution is 2.25. The fourth-order valence-electron chi connectivity index (χ4n) is 1.58. The van der Waals surface area contributed by atoms with Crippen molar-refractivity contribution in [3.8, 4) is 0 Å². The second-order valence-corrected chi connectivity index (χ2v) is 4.89. The molecule has 1 aromatic rings. The first-order valence-electron chi connectivity index (χ1n) is 5.95. The number of carboxylic acids is 1. The van der Waals surface area contributed by atoms with Crippen molar-refractivity contribution < 1.29 is 14.7 Å². The van der Waals surface area contributed by atoms with Crippen molar-refractivity contribution in [2.45, 2.75) is 32.2 Å². The Kier molecular flexibility index (Phi) is 6.12. The topological polar surface area (TPSA) is 66.4 Å². The van der Waals surface area contributed by atoms with Crippen LogP contribution in [0.25, 0.3) is 0 Å². The van der Waals surface area contributed by atoms with E-state index in [2.05, 4.69) is 5.32 Å². The summed E-state index contributed by atoms with van der Waals surface area (Å²) in [5.74, 6) is -1.59. The molecule has 0 fully saturated rings. The fourth-order valence-corrected chi connectivity index (χ4v) is 1.97. The van der Waals surface area contributed by atoms with Crippen LogP contribution in [0.1, 0.15) is 36.5 Å². The van der Waals surface area contributed by atoms with Crippen LogP contribution >= 0.6 is 23.2 Å². The Morgan fingerprint density at radius 3 is 2.63 bits per heavy atom. The molecule has 4 nitrogen and oxygen atoms in total. The van der Waals surface area contributed by atoms with E-state index in [9.17, 15) is 9.59 Å². The van der Waals surface area contributed by atoms with Crippen molar-refractivity contribution >= 4 is 35.1 Å². The molecular weight excluding hydrogens is 289 g/mol. The zero-order chi connectivity index (χ0) is 14.4. The van der Waals surface area contributed by atoms with Gasteiger partial charge in [-0.25, -0.2) is 4.79 Å². The molecule has 0 aliphatic rings. The third kappa shape index (κ3) is 4.40. The van der Waals surface area contributed by atoms with Crippen LogP contribution in [0.3, 0.4) is 0 Å². The van der Waals surface area contributed by atoms with Crippen molar-refractivity contribution in [2.75, 3.05) is 0 Å². The summed E-state index contributed by atoms with van der Waals surface area (Å²) in [6.45, 7) is 1.95. The lowest BCUT2D eigenvalue weighted by molar-refractivity contribution is -0.139. The van der Waals surface area contributed by atoms with Crippen LogP contribution in [0.2, 0.25) is 10.0 Å². The van der Waals surface area contributed by atoms with Gasteiger partial charge in [0.1, 0.15) is 6.04 Å². The molecule has 0 saturated heterocycles. The Labute approximate surface area is 121 Å². The van der Waals surface area contributed by atoms with Gasteiger partial charge in [-0.3, -0.25) is 4.79 Å². The summed E-state index contributed by atoms with van der Waals surface area (Å²) in [4.78, 5) is 23.0. The Hall–Kier alpha value is -1.26. The van der Waals surface area contributed by atoms with Crippen LogP contribution in [0.15, 0.2) is 18.2 Å². The number of carbonyl (C=O) groups excluding carboxylic acids is 1. The Morgan fingerprint density at radius 2 is 2.05 bits per heavy atom. The summed E-state index contributed by atoms with van der Waals surface area (Å²) >= 11 is 11.7. The molecule has 0 radical (unpaired) electrons. The lowest BCUT2D eigenvalue weighted by Gasteiger charge is -2.14. The molecule has 0 aromatic heterocycles. The predicted molar refractivity (Wildman–Crippen MR) is 74.9 cm³/mol. The molecule has 1 rings (SSSR count). The summed E-state index contributed by atoms with van der Waals surface area (Å²) in [6, 6.07) is 3.74. The average Bonchev–Trinajstić information content (AvgIpc) is 2.37. The van der Waals surface area contributed by atoms with Gasteiger partial charge in [0.15, 0.2) is 0 Å². The molecule has 0 heterocycles. The van der Waals surface area contributed by atoms with Gasteiger partial charge in [-0.1, -0.05) is 49.0 Å². The summed E-state index contributed by atoms with van der Waals surface area (Å²) < 4.78 is 0. The van der Waals surface area contributed by atoms with Crippen LogP contribution in [0.4, 0.5) is 0 Å². The number of carboxylic acid groups (broad SMARTS) is 1. The number of nitrogens with one attached hydrogen (secondary N) is 1. The van der Waals surface area contributed by atoms with Gasteiger partial charge in [0, 0.05) is 0 Å². The minimum Gasteiger partial charge on any atom is -0.480 e. The zero-order valence-corrected chi connectivity index (χ0v) is 12.0. The molecule has 2 N–H and O–H groups in total. The molecule has 0 aliphatic carbocycles. The van der Waals surface area contributed by atoms with E-state index in [0.29, 0.717) is 6.42 Å². The van der Waals surface area contributed by atoms with Crippen molar-refractivity contribution in [3.63, 3.8) is 0 Å². The average molecular weight is 304 g/mol. The third-order valence-corrected chi connectivity index (χ3v) is 3.46. The highest BCUT2D eigenvalue weighted by atomic mass is 35.5. The number of amides is 1. The highest BCUT2D eigenvalue weighted by molar-refractivity contribution is 6.43. The molecule has 0 saturated carbocycles. The standard InChI is InChI=1S/C13H15Cl2NO3/c1-2-3-7-10(13(18)19)16-12(17)8-5-4-6-9(14)11(8)15/h4-6,10H,2-3,7H2,1H3,(H,16,17)(H,18,19). The molecule has 1 aromatic carbocycles. The van der Waals surface area contributed by atoms with Gasteiger partial charge < -0.3 is 10.4 Å². The molecule has 1 atom stereocenters. The molecule has 0 aliphatic heterocycles. The maximum absolute atomic E-state index is 12.0. The third-order valence-electron chi connectivity index (χ3n) is 2.65. The van der Waals surface area contributed by atoms with Gasteiger partial charge in [-0.05, 0) is 18.6 Å². The first-order valence-corrected chi connectivity index (χ1v) is 6.70. The van der Waals surface area contributed by atoms with Crippen molar-refractivity contribution in [3.05, 3.63) is 33.8 Å². The maximum atomic E-state index is 12.0. The predicted octanol–water partition coefficient (Wildman–Crippen LogP) is 3.37. The van der Waals surface area contributed by atoms with Crippen LogP contribution < -0.4 is 5.32 Å². The molecule has 1 unspecified atom stereocenters. The van der Waals surface area contributed by atoms with Gasteiger partial charge in [-0.2, -0.15) is 0 Å². The van der Waals surface area contributed by atoms with E-state index in [1.165, 1.54) is 6.07 Å². The van der Waals surface area contributed by atoms with Crippen molar-refractivity contribution in [1.29, 1.82) is 0 Å². The maximum Gasteiger partial charge on any atom is 0.326 e. The smallest absolute Gasteiger partial charge is 0.326 e. The minimum absolute atomic E-state index is 0.126. The number of carbonyl (C=O) groups is 2. The van der Waals surface area contributed by atoms with Gasteiger partial charge >= 0.3 is 5.97 Å². The quantitative estimate of drug-likeness (QED) is 0.847. The molecule has 6 heteroatoms. The number of aliphatic carboxylic acids is 1. The van der Waals surface area contributed by atoms with E-state index < -0.39 is 17.9 Å². The summed E-state index contributed by atoms with van der Waals surface area (Å²) in [6.07, 6.45) is 1.97. The number of hydrogen-bond donors (Lipinski definition) is 2. The van der Waals surface area contributed by atoms with E-state index >= 15 is 0 Å². The lowest BCUT2D eigenvalue weighted by Crippen LogP contribution is -2.40. The van der Waals surface area contributed by atoms with Gasteiger partial charge in [0.05, 0.1) is 15.6 Å². The van der Waals surface area contributed by atoms with Crippen molar-refractivity contribution in [1.82, 2.24) is 5.32 Å². The van der Waals surface area contributed by atoms with E-state index in [1.54, 1.807) is 12.1 Å². The van der Waals surface area contributed by atoms with Crippen LogP contribution in [-0.2, 0) is 4.79 Å². The minimum atomic E-state index is -1.06. The van der Waals surface area contributed by atoms with Gasteiger partial charge in [-0.15, -0.1) is 0 Å². The van der Waals surface area contributed by atoms with Crippen LogP contribution in [0.5, 0.6) is 0 Å². The fraction of sp³-hybridized carbons (Fsp3) is 0.385. The van der Waals surface area contributed by atoms with Crippen molar-refractivity contribution in [2.24, 2.45) is 0 Å². The SMILES string of the molecule is CCCCC(NC(=O)c1cccc(Cl)c1Cl)C(=O)O. The Bertz CT molecular complexity index is 477. The first-order chi connectivity index (χ1) is 8.97. The molecule has 1 amide bonds. The van der Waals surface area contributed by atoms with E-state index in [0.717, 1.165) is 12.8 Å². The monoisotopic (exact) mass is 303 g/mol. The van der Waals surface area contributed by atoms with E-state index in [4.69, 9.17) is 28.3 Å². The van der Waals surface area contributed by atoms with Crippen LogP contribution in [0, 0.1) is 0 Å². The number of halogens is 2. The largest absolute Gasteiger partial charge is 0.480 e. The molecule has 104 valence electrons. The zero-order valence-electron chi connectivity index (χ0n) is 10.5. The molecule has 0 bridgehead atoms. The first kappa shape index (κ1) is 15.8. The molecule has 19 heavy (non-hydrogen) atoms. The second kappa shape index (κ2) is 7.36.